The second kappa shape index (κ2) is 9.05. The van der Waals surface area contributed by atoms with Gasteiger partial charge in [0.1, 0.15) is 5.76 Å². The van der Waals surface area contributed by atoms with E-state index in [0.717, 1.165) is 15.8 Å². The summed E-state index contributed by atoms with van der Waals surface area (Å²) in [5.74, 6) is 1.45. The number of carbonyl (C=O) groups is 1. The van der Waals surface area contributed by atoms with Crippen LogP contribution in [0.4, 0.5) is 10.8 Å². The Morgan fingerprint density at radius 3 is 2.63 bits per heavy atom. The molecule has 2 aromatic heterocycles. The van der Waals surface area contributed by atoms with Crippen LogP contribution in [0.5, 0.6) is 0 Å². The monoisotopic (exact) mass is 402 g/mol. The van der Waals surface area contributed by atoms with Gasteiger partial charge in [0.2, 0.25) is 11.0 Å². The largest absolute Gasteiger partial charge is 0.467 e. The van der Waals surface area contributed by atoms with E-state index in [9.17, 15) is 4.79 Å². The van der Waals surface area contributed by atoms with Crippen LogP contribution in [-0.4, -0.2) is 21.9 Å². The lowest BCUT2D eigenvalue weighted by molar-refractivity contribution is -0.119. The number of benzene rings is 1. The van der Waals surface area contributed by atoms with E-state index in [-0.39, 0.29) is 17.7 Å². The molecule has 0 aliphatic rings. The third-order valence-corrected chi connectivity index (χ3v) is 5.88. The standard InChI is InChI=1S/C19H22N4O2S2/c1-12(2)14-6-8-15(9-7-14)21-18-22-23-19(27-18)26-11-17(24)20-13(3)16-5-4-10-25-16/h4-10,12-13H,11H2,1-3H3,(H,20,24)(H,21,22)/t13-/m0/s1. The zero-order valence-corrected chi connectivity index (χ0v) is 17.1. The van der Waals surface area contributed by atoms with Crippen molar-refractivity contribution < 1.29 is 9.21 Å². The van der Waals surface area contributed by atoms with Gasteiger partial charge in [0.25, 0.3) is 0 Å². The zero-order valence-electron chi connectivity index (χ0n) is 15.4. The first-order valence-corrected chi connectivity index (χ1v) is 10.5. The van der Waals surface area contributed by atoms with Crippen molar-refractivity contribution in [3.05, 3.63) is 54.0 Å². The summed E-state index contributed by atoms with van der Waals surface area (Å²) >= 11 is 2.80. The summed E-state index contributed by atoms with van der Waals surface area (Å²) in [6, 6.07) is 11.8. The van der Waals surface area contributed by atoms with Gasteiger partial charge in [0.15, 0.2) is 4.34 Å². The van der Waals surface area contributed by atoms with Crippen LogP contribution in [0.15, 0.2) is 51.4 Å². The predicted molar refractivity (Wildman–Crippen MR) is 110 cm³/mol. The van der Waals surface area contributed by atoms with Crippen molar-refractivity contribution in [2.75, 3.05) is 11.1 Å². The molecule has 8 heteroatoms. The van der Waals surface area contributed by atoms with Crippen molar-refractivity contribution in [1.29, 1.82) is 0 Å². The highest BCUT2D eigenvalue weighted by molar-refractivity contribution is 8.01. The van der Waals surface area contributed by atoms with Crippen LogP contribution < -0.4 is 10.6 Å². The first-order valence-electron chi connectivity index (χ1n) is 8.67. The van der Waals surface area contributed by atoms with Crippen LogP contribution in [0.25, 0.3) is 0 Å². The number of carbonyl (C=O) groups excluding carboxylic acids is 1. The Labute approximate surface area is 166 Å². The lowest BCUT2D eigenvalue weighted by Crippen LogP contribution is -2.27. The summed E-state index contributed by atoms with van der Waals surface area (Å²) in [6.07, 6.45) is 1.60. The third kappa shape index (κ3) is 5.58. The van der Waals surface area contributed by atoms with Gasteiger partial charge in [-0.3, -0.25) is 4.79 Å². The highest BCUT2D eigenvalue weighted by atomic mass is 32.2. The molecule has 3 aromatic rings. The van der Waals surface area contributed by atoms with E-state index in [1.165, 1.54) is 28.7 Å². The molecule has 1 atom stereocenters. The fourth-order valence-corrected chi connectivity index (χ4v) is 4.00. The summed E-state index contributed by atoms with van der Waals surface area (Å²) in [6.45, 7) is 6.23. The SMILES string of the molecule is CC(C)c1ccc(Nc2nnc(SCC(=O)N[C@@H](C)c3ccco3)s2)cc1. The average molecular weight is 403 g/mol. The number of nitrogens with zero attached hydrogens (tertiary/aromatic N) is 2. The first-order chi connectivity index (χ1) is 13.0. The maximum absolute atomic E-state index is 12.1. The van der Waals surface area contributed by atoms with Gasteiger partial charge in [-0.25, -0.2) is 0 Å². The van der Waals surface area contributed by atoms with Crippen LogP contribution in [0.3, 0.4) is 0 Å². The molecule has 0 radical (unpaired) electrons. The van der Waals surface area contributed by atoms with E-state index in [2.05, 4.69) is 46.8 Å². The first kappa shape index (κ1) is 19.4. The van der Waals surface area contributed by atoms with E-state index in [1.54, 1.807) is 12.3 Å². The van der Waals surface area contributed by atoms with Crippen molar-refractivity contribution in [2.24, 2.45) is 0 Å². The minimum Gasteiger partial charge on any atom is -0.467 e. The molecular weight excluding hydrogens is 380 g/mol. The molecule has 142 valence electrons. The molecule has 2 N–H and O–H groups in total. The van der Waals surface area contributed by atoms with Gasteiger partial charge < -0.3 is 15.1 Å². The topological polar surface area (TPSA) is 80.0 Å². The van der Waals surface area contributed by atoms with Gasteiger partial charge in [0, 0.05) is 5.69 Å². The number of anilines is 2. The number of amides is 1. The van der Waals surface area contributed by atoms with Gasteiger partial charge in [-0.1, -0.05) is 49.1 Å². The molecule has 0 aliphatic carbocycles. The summed E-state index contributed by atoms with van der Waals surface area (Å²) in [5.41, 5.74) is 2.26. The third-order valence-electron chi connectivity index (χ3n) is 3.91. The highest BCUT2D eigenvalue weighted by Crippen LogP contribution is 2.28. The Morgan fingerprint density at radius 1 is 1.19 bits per heavy atom. The maximum Gasteiger partial charge on any atom is 0.231 e. The normalized spacial score (nSPS) is 12.1. The highest BCUT2D eigenvalue weighted by Gasteiger charge is 2.13. The van der Waals surface area contributed by atoms with Crippen LogP contribution in [0, 0.1) is 0 Å². The molecule has 1 aromatic carbocycles. The number of furan rings is 1. The van der Waals surface area contributed by atoms with Gasteiger partial charge in [-0.15, -0.1) is 10.2 Å². The number of rotatable bonds is 8. The fourth-order valence-electron chi connectivity index (χ4n) is 2.41. The molecule has 0 unspecified atom stereocenters. The van der Waals surface area contributed by atoms with Crippen molar-refractivity contribution in [3.63, 3.8) is 0 Å². The molecule has 2 heterocycles. The Hall–Kier alpha value is -2.32. The van der Waals surface area contributed by atoms with Crippen LogP contribution in [-0.2, 0) is 4.79 Å². The quantitative estimate of drug-likeness (QED) is 0.518. The molecule has 0 saturated heterocycles. The lowest BCUT2D eigenvalue weighted by atomic mass is 10.0. The van der Waals surface area contributed by atoms with Crippen molar-refractivity contribution in [1.82, 2.24) is 15.5 Å². The summed E-state index contributed by atoms with van der Waals surface area (Å²) in [4.78, 5) is 12.1. The minimum absolute atomic E-state index is 0.0714. The number of hydrogen-bond donors (Lipinski definition) is 2. The van der Waals surface area contributed by atoms with Crippen molar-refractivity contribution in [2.45, 2.75) is 37.1 Å². The van der Waals surface area contributed by atoms with Gasteiger partial charge in [-0.05, 0) is 42.7 Å². The Morgan fingerprint density at radius 2 is 1.96 bits per heavy atom. The number of aromatic nitrogens is 2. The van der Waals surface area contributed by atoms with E-state index in [1.807, 2.05) is 25.1 Å². The number of hydrogen-bond acceptors (Lipinski definition) is 7. The fraction of sp³-hybridized carbons (Fsp3) is 0.316. The van der Waals surface area contributed by atoms with Crippen LogP contribution in [0.2, 0.25) is 0 Å². The molecule has 3 rings (SSSR count). The molecular formula is C19H22N4O2S2. The van der Waals surface area contributed by atoms with E-state index in [4.69, 9.17) is 4.42 Å². The van der Waals surface area contributed by atoms with Gasteiger partial charge in [-0.2, -0.15) is 0 Å². The molecule has 0 bridgehead atoms. The predicted octanol–water partition coefficient (Wildman–Crippen LogP) is 4.97. The summed E-state index contributed by atoms with van der Waals surface area (Å²) in [7, 11) is 0. The Kier molecular flexibility index (Phi) is 6.52. The minimum atomic E-state index is -0.159. The Balaban J connectivity index is 1.48. The molecule has 1 amide bonds. The van der Waals surface area contributed by atoms with Crippen LogP contribution >= 0.6 is 23.1 Å². The molecule has 0 fully saturated rings. The number of thioether (sulfide) groups is 1. The van der Waals surface area contributed by atoms with Gasteiger partial charge in [0.05, 0.1) is 18.1 Å². The van der Waals surface area contributed by atoms with Crippen molar-refractivity contribution >= 4 is 39.8 Å². The smallest absolute Gasteiger partial charge is 0.231 e. The molecule has 0 aliphatic heterocycles. The maximum atomic E-state index is 12.1. The molecule has 0 spiro atoms. The molecule has 27 heavy (non-hydrogen) atoms. The number of nitrogens with one attached hydrogen (secondary N) is 2. The summed E-state index contributed by atoms with van der Waals surface area (Å²) < 4.78 is 6.04. The lowest BCUT2D eigenvalue weighted by Gasteiger charge is -2.10. The van der Waals surface area contributed by atoms with E-state index < -0.39 is 0 Å². The summed E-state index contributed by atoms with van der Waals surface area (Å²) in [5, 5.41) is 15.1. The van der Waals surface area contributed by atoms with E-state index >= 15 is 0 Å². The second-order valence-electron chi connectivity index (χ2n) is 6.37. The average Bonchev–Trinajstić information content (AvgIpc) is 3.32. The zero-order chi connectivity index (χ0) is 19.2. The van der Waals surface area contributed by atoms with Gasteiger partial charge >= 0.3 is 0 Å². The molecule has 6 nitrogen and oxygen atoms in total. The van der Waals surface area contributed by atoms with Crippen LogP contribution in [0.1, 0.15) is 44.1 Å². The molecule has 0 saturated carbocycles. The second-order valence-corrected chi connectivity index (χ2v) is 8.57. The van der Waals surface area contributed by atoms with E-state index in [0.29, 0.717) is 11.0 Å². The Bertz CT molecular complexity index is 860. The van der Waals surface area contributed by atoms with Crippen molar-refractivity contribution in [3.8, 4) is 0 Å².